The van der Waals surface area contributed by atoms with E-state index in [0.29, 0.717) is 0 Å². The molecule has 0 radical (unpaired) electrons. The molecule has 0 unspecified atom stereocenters. The van der Waals surface area contributed by atoms with Crippen LogP contribution < -0.4 is 10.1 Å². The summed E-state index contributed by atoms with van der Waals surface area (Å²) < 4.78 is 5.45. The van der Waals surface area contributed by atoms with Crippen LogP contribution in [0.15, 0.2) is 30.3 Å². The number of nitrogens with zero attached hydrogens (tertiary/aromatic N) is 1. The van der Waals surface area contributed by atoms with E-state index in [1.807, 2.05) is 35.2 Å². The lowest BCUT2D eigenvalue weighted by Gasteiger charge is -2.22. The Bertz CT molecular complexity index is 354. The zero-order valence-corrected chi connectivity index (χ0v) is 11.9. The molecule has 0 saturated carbocycles. The molecule has 0 aliphatic carbocycles. The fraction of sp³-hybridized carbons (Fsp3) is 0.533. The summed E-state index contributed by atoms with van der Waals surface area (Å²) in [5, 5.41) is 2.79. The lowest BCUT2D eigenvalue weighted by atomic mass is 10.3. The summed E-state index contributed by atoms with van der Waals surface area (Å²) in [4.78, 5) is 13.8. The fourth-order valence-corrected chi connectivity index (χ4v) is 1.74. The van der Waals surface area contributed by atoms with Gasteiger partial charge in [-0.3, -0.25) is 0 Å². The predicted octanol–water partition coefficient (Wildman–Crippen LogP) is 3.24. The number of nitrogens with one attached hydrogen (secondary N) is 1. The number of carbonyl (C=O) groups is 1. The van der Waals surface area contributed by atoms with Gasteiger partial charge < -0.3 is 15.0 Å². The van der Waals surface area contributed by atoms with Crippen LogP contribution >= 0.6 is 0 Å². The van der Waals surface area contributed by atoms with Crippen LogP contribution in [0.25, 0.3) is 0 Å². The van der Waals surface area contributed by atoms with E-state index < -0.39 is 0 Å². The number of para-hydroxylation sites is 1. The van der Waals surface area contributed by atoms with Crippen molar-refractivity contribution in [3.05, 3.63) is 30.3 Å². The van der Waals surface area contributed by atoms with Gasteiger partial charge in [0.05, 0.1) is 0 Å². The van der Waals surface area contributed by atoms with E-state index in [2.05, 4.69) is 19.2 Å². The first-order valence-electron chi connectivity index (χ1n) is 6.98. The van der Waals surface area contributed by atoms with Gasteiger partial charge in [0.2, 0.25) is 0 Å². The number of ether oxygens (including phenoxy) is 1. The molecule has 0 aliphatic rings. The van der Waals surface area contributed by atoms with Crippen LogP contribution in [0.4, 0.5) is 4.79 Å². The molecular formula is C15H24N2O2. The molecule has 1 N–H and O–H groups in total. The van der Waals surface area contributed by atoms with Crippen LogP contribution in [-0.2, 0) is 0 Å². The molecule has 4 nitrogen and oxygen atoms in total. The Kier molecular flexibility index (Phi) is 7.47. The molecule has 0 atom stereocenters. The Morgan fingerprint density at radius 2 is 1.89 bits per heavy atom. The SMILES string of the molecule is CCCCN(CCC)C(=O)NCOc1ccccc1. The van der Waals surface area contributed by atoms with Crippen LogP contribution in [0.2, 0.25) is 0 Å². The second-order valence-corrected chi connectivity index (χ2v) is 4.42. The number of amides is 2. The Labute approximate surface area is 115 Å². The van der Waals surface area contributed by atoms with E-state index in [-0.39, 0.29) is 12.8 Å². The molecule has 0 bridgehead atoms. The molecule has 2 amide bonds. The van der Waals surface area contributed by atoms with E-state index in [1.165, 1.54) is 0 Å². The Morgan fingerprint density at radius 3 is 2.53 bits per heavy atom. The fourth-order valence-electron chi connectivity index (χ4n) is 1.74. The highest BCUT2D eigenvalue weighted by atomic mass is 16.5. The van der Waals surface area contributed by atoms with Gasteiger partial charge in [0.1, 0.15) is 5.75 Å². The van der Waals surface area contributed by atoms with Crippen LogP contribution in [0.5, 0.6) is 5.75 Å². The lowest BCUT2D eigenvalue weighted by molar-refractivity contribution is 0.183. The molecule has 0 aliphatic heterocycles. The minimum atomic E-state index is -0.0498. The van der Waals surface area contributed by atoms with Gasteiger partial charge >= 0.3 is 6.03 Å². The van der Waals surface area contributed by atoms with Crippen molar-refractivity contribution in [3.8, 4) is 5.75 Å². The highest BCUT2D eigenvalue weighted by Crippen LogP contribution is 2.07. The third-order valence-corrected chi connectivity index (χ3v) is 2.77. The van der Waals surface area contributed by atoms with E-state index >= 15 is 0 Å². The molecule has 0 heterocycles. The summed E-state index contributed by atoms with van der Waals surface area (Å²) in [6, 6.07) is 9.43. The van der Waals surface area contributed by atoms with Gasteiger partial charge in [-0.25, -0.2) is 4.79 Å². The molecule has 106 valence electrons. The first kappa shape index (κ1) is 15.3. The van der Waals surface area contributed by atoms with Crippen LogP contribution in [0, 0.1) is 0 Å². The van der Waals surface area contributed by atoms with Gasteiger partial charge in [-0.15, -0.1) is 0 Å². The standard InChI is InChI=1S/C15H24N2O2/c1-3-5-12-17(11-4-2)15(18)16-13-19-14-9-7-6-8-10-14/h6-10H,3-5,11-13H2,1-2H3,(H,16,18). The average molecular weight is 264 g/mol. The first-order chi connectivity index (χ1) is 9.27. The van der Waals surface area contributed by atoms with Crippen molar-refractivity contribution in [2.45, 2.75) is 33.1 Å². The summed E-state index contributed by atoms with van der Waals surface area (Å²) in [7, 11) is 0. The van der Waals surface area contributed by atoms with E-state index in [0.717, 1.165) is 38.1 Å². The Morgan fingerprint density at radius 1 is 1.16 bits per heavy atom. The van der Waals surface area contributed by atoms with Gasteiger partial charge in [-0.2, -0.15) is 0 Å². The quantitative estimate of drug-likeness (QED) is 0.732. The zero-order valence-electron chi connectivity index (χ0n) is 11.9. The first-order valence-corrected chi connectivity index (χ1v) is 6.98. The van der Waals surface area contributed by atoms with Crippen molar-refractivity contribution in [2.24, 2.45) is 0 Å². The Hall–Kier alpha value is -1.71. The second kappa shape index (κ2) is 9.25. The molecular weight excluding hydrogens is 240 g/mol. The molecule has 4 heteroatoms. The predicted molar refractivity (Wildman–Crippen MR) is 77.2 cm³/mol. The lowest BCUT2D eigenvalue weighted by Crippen LogP contribution is -2.42. The summed E-state index contributed by atoms with van der Waals surface area (Å²) in [6.07, 6.45) is 3.09. The summed E-state index contributed by atoms with van der Waals surface area (Å²) in [5.74, 6) is 0.762. The number of unbranched alkanes of at least 4 members (excludes halogenated alkanes) is 1. The van der Waals surface area contributed by atoms with Crippen molar-refractivity contribution >= 4 is 6.03 Å². The van der Waals surface area contributed by atoms with Crippen molar-refractivity contribution in [1.82, 2.24) is 10.2 Å². The van der Waals surface area contributed by atoms with Gasteiger partial charge in [-0.05, 0) is 25.0 Å². The topological polar surface area (TPSA) is 41.6 Å². The highest BCUT2D eigenvalue weighted by Gasteiger charge is 2.10. The van der Waals surface area contributed by atoms with Crippen LogP contribution in [0.1, 0.15) is 33.1 Å². The Balaban J connectivity index is 2.31. The number of carbonyl (C=O) groups excluding carboxylic acids is 1. The monoisotopic (exact) mass is 264 g/mol. The van der Waals surface area contributed by atoms with E-state index in [4.69, 9.17) is 4.74 Å². The van der Waals surface area contributed by atoms with Crippen molar-refractivity contribution in [3.63, 3.8) is 0 Å². The third-order valence-electron chi connectivity index (χ3n) is 2.77. The normalized spacial score (nSPS) is 10.0. The van der Waals surface area contributed by atoms with Gasteiger partial charge in [0.15, 0.2) is 6.73 Å². The third kappa shape index (κ3) is 6.13. The van der Waals surface area contributed by atoms with Crippen LogP contribution in [-0.4, -0.2) is 30.8 Å². The second-order valence-electron chi connectivity index (χ2n) is 4.42. The molecule has 0 spiro atoms. The highest BCUT2D eigenvalue weighted by molar-refractivity contribution is 5.73. The number of rotatable bonds is 8. The smallest absolute Gasteiger partial charge is 0.320 e. The maximum absolute atomic E-state index is 12.0. The largest absolute Gasteiger partial charge is 0.473 e. The molecule has 1 aromatic rings. The number of benzene rings is 1. The molecule has 0 saturated heterocycles. The van der Waals surface area contributed by atoms with Crippen molar-refractivity contribution in [2.75, 3.05) is 19.8 Å². The van der Waals surface area contributed by atoms with Crippen molar-refractivity contribution in [1.29, 1.82) is 0 Å². The van der Waals surface area contributed by atoms with Gasteiger partial charge in [0.25, 0.3) is 0 Å². The maximum atomic E-state index is 12.0. The van der Waals surface area contributed by atoms with Crippen molar-refractivity contribution < 1.29 is 9.53 Å². The number of urea groups is 1. The molecule has 19 heavy (non-hydrogen) atoms. The van der Waals surface area contributed by atoms with E-state index in [9.17, 15) is 4.79 Å². The minimum absolute atomic E-state index is 0.0498. The molecule has 1 rings (SSSR count). The minimum Gasteiger partial charge on any atom is -0.473 e. The van der Waals surface area contributed by atoms with Gasteiger partial charge in [-0.1, -0.05) is 38.5 Å². The van der Waals surface area contributed by atoms with Gasteiger partial charge in [0, 0.05) is 13.1 Å². The zero-order chi connectivity index (χ0) is 13.9. The molecule has 0 aromatic heterocycles. The number of hydrogen-bond donors (Lipinski definition) is 1. The molecule has 1 aromatic carbocycles. The maximum Gasteiger partial charge on any atom is 0.320 e. The van der Waals surface area contributed by atoms with E-state index in [1.54, 1.807) is 0 Å². The summed E-state index contributed by atoms with van der Waals surface area (Å²) >= 11 is 0. The average Bonchev–Trinajstić information content (AvgIpc) is 2.44. The summed E-state index contributed by atoms with van der Waals surface area (Å²) in [5.41, 5.74) is 0. The van der Waals surface area contributed by atoms with Crippen LogP contribution in [0.3, 0.4) is 0 Å². The number of hydrogen-bond acceptors (Lipinski definition) is 2. The summed E-state index contributed by atoms with van der Waals surface area (Å²) in [6.45, 7) is 6.00. The molecule has 0 fully saturated rings.